The van der Waals surface area contributed by atoms with Gasteiger partial charge in [-0.2, -0.15) is 0 Å². The van der Waals surface area contributed by atoms with Crippen molar-refractivity contribution < 1.29 is 4.92 Å². The van der Waals surface area contributed by atoms with Crippen LogP contribution in [0, 0.1) is 17.0 Å². The fraction of sp³-hybridized carbons (Fsp3) is 0.357. The predicted molar refractivity (Wildman–Crippen MR) is 81.2 cm³/mol. The van der Waals surface area contributed by atoms with Gasteiger partial charge in [0.1, 0.15) is 5.82 Å². The number of aromatic nitrogens is 1. The molecule has 20 heavy (non-hydrogen) atoms. The predicted octanol–water partition coefficient (Wildman–Crippen LogP) is 4.31. The zero-order valence-corrected chi connectivity index (χ0v) is 12.3. The molecule has 0 aliphatic heterocycles. The second-order valence-corrected chi connectivity index (χ2v) is 5.59. The van der Waals surface area contributed by atoms with Crippen molar-refractivity contribution in [1.82, 2.24) is 4.98 Å². The molecule has 0 radical (unpaired) electrons. The second-order valence-electron chi connectivity index (χ2n) is 4.61. The summed E-state index contributed by atoms with van der Waals surface area (Å²) in [7, 11) is 0. The van der Waals surface area contributed by atoms with Gasteiger partial charge in [-0.3, -0.25) is 10.1 Å². The van der Waals surface area contributed by atoms with E-state index in [1.807, 2.05) is 11.4 Å². The molecule has 2 heterocycles. The van der Waals surface area contributed by atoms with Crippen LogP contribution in [0.1, 0.15) is 36.2 Å². The lowest BCUT2D eigenvalue weighted by Gasteiger charge is -2.17. The summed E-state index contributed by atoms with van der Waals surface area (Å²) in [6.45, 7) is 3.81. The van der Waals surface area contributed by atoms with Crippen molar-refractivity contribution in [3.63, 3.8) is 0 Å². The number of thiophene rings is 1. The van der Waals surface area contributed by atoms with E-state index in [-0.39, 0.29) is 16.7 Å². The van der Waals surface area contributed by atoms with Gasteiger partial charge in [-0.05, 0) is 24.8 Å². The summed E-state index contributed by atoms with van der Waals surface area (Å²) in [5.74, 6) is 0.550. The summed E-state index contributed by atoms with van der Waals surface area (Å²) < 4.78 is 0. The van der Waals surface area contributed by atoms with E-state index in [1.165, 1.54) is 17.1 Å². The summed E-state index contributed by atoms with van der Waals surface area (Å²) in [5, 5.41) is 16.3. The topological polar surface area (TPSA) is 68.1 Å². The Balaban J connectivity index is 2.23. The summed E-state index contributed by atoms with van der Waals surface area (Å²) >= 11 is 1.68. The zero-order chi connectivity index (χ0) is 14.5. The first-order valence-electron chi connectivity index (χ1n) is 6.52. The van der Waals surface area contributed by atoms with E-state index in [4.69, 9.17) is 0 Å². The van der Waals surface area contributed by atoms with Crippen molar-refractivity contribution in [3.8, 4) is 0 Å². The van der Waals surface area contributed by atoms with Crippen molar-refractivity contribution in [1.29, 1.82) is 0 Å². The number of rotatable bonds is 6. The Hall–Kier alpha value is -1.95. The molecule has 5 nitrogen and oxygen atoms in total. The van der Waals surface area contributed by atoms with Crippen molar-refractivity contribution in [2.24, 2.45) is 0 Å². The molecule has 6 heteroatoms. The van der Waals surface area contributed by atoms with E-state index in [1.54, 1.807) is 18.3 Å². The van der Waals surface area contributed by atoms with Gasteiger partial charge in [-0.1, -0.05) is 19.4 Å². The fourth-order valence-electron chi connectivity index (χ4n) is 2.03. The second kappa shape index (κ2) is 6.47. The molecule has 1 atom stereocenters. The standard InChI is InChI=1S/C14H17N3O2S/c1-3-5-11(13-6-4-7-20-13)16-14-8-12(17(18)19)10(2)9-15-14/h4,6-9,11H,3,5H2,1-2H3,(H,15,16). The van der Waals surface area contributed by atoms with Gasteiger partial charge in [0.15, 0.2) is 0 Å². The lowest BCUT2D eigenvalue weighted by Crippen LogP contribution is -2.10. The summed E-state index contributed by atoms with van der Waals surface area (Å²) in [6, 6.07) is 5.73. The molecule has 0 amide bonds. The van der Waals surface area contributed by atoms with E-state index < -0.39 is 0 Å². The molecule has 0 saturated carbocycles. The molecule has 0 aliphatic carbocycles. The molecular weight excluding hydrogens is 274 g/mol. The first-order valence-corrected chi connectivity index (χ1v) is 7.40. The van der Waals surface area contributed by atoms with Gasteiger partial charge in [0.05, 0.1) is 17.0 Å². The maximum absolute atomic E-state index is 11.0. The minimum absolute atomic E-state index is 0.101. The van der Waals surface area contributed by atoms with E-state index in [0.29, 0.717) is 11.4 Å². The number of hydrogen-bond donors (Lipinski definition) is 1. The molecule has 0 fully saturated rings. The Morgan fingerprint density at radius 1 is 1.55 bits per heavy atom. The number of nitrogens with one attached hydrogen (secondary N) is 1. The Morgan fingerprint density at radius 3 is 2.95 bits per heavy atom. The highest BCUT2D eigenvalue weighted by molar-refractivity contribution is 7.10. The molecule has 1 unspecified atom stereocenters. The average Bonchev–Trinajstić information content (AvgIpc) is 2.94. The summed E-state index contributed by atoms with van der Waals surface area (Å²) in [4.78, 5) is 16.1. The van der Waals surface area contributed by atoms with Crippen LogP contribution in [0.25, 0.3) is 0 Å². The number of nitro groups is 1. The number of aryl methyl sites for hydroxylation is 1. The SMILES string of the molecule is CCCC(Nc1cc([N+](=O)[O-])c(C)cn1)c1cccs1. The molecule has 106 valence electrons. The van der Waals surface area contributed by atoms with Crippen LogP contribution in [0.2, 0.25) is 0 Å². The number of hydrogen-bond acceptors (Lipinski definition) is 5. The summed E-state index contributed by atoms with van der Waals surface area (Å²) in [5.41, 5.74) is 0.674. The molecule has 0 aliphatic rings. The maximum atomic E-state index is 11.0. The molecule has 2 aromatic heterocycles. The van der Waals surface area contributed by atoms with Gasteiger partial charge in [-0.15, -0.1) is 11.3 Å². The molecule has 0 saturated heterocycles. The van der Waals surface area contributed by atoms with Gasteiger partial charge >= 0.3 is 0 Å². The van der Waals surface area contributed by atoms with Crippen LogP contribution in [-0.4, -0.2) is 9.91 Å². The average molecular weight is 291 g/mol. The van der Waals surface area contributed by atoms with Crippen molar-refractivity contribution in [2.75, 3.05) is 5.32 Å². The van der Waals surface area contributed by atoms with Gasteiger partial charge in [0.2, 0.25) is 0 Å². The number of pyridine rings is 1. The maximum Gasteiger partial charge on any atom is 0.277 e. The third-order valence-corrected chi connectivity index (χ3v) is 4.04. The molecule has 0 aromatic carbocycles. The highest BCUT2D eigenvalue weighted by atomic mass is 32.1. The smallest absolute Gasteiger partial charge is 0.277 e. The minimum atomic E-state index is -0.373. The third-order valence-electron chi connectivity index (χ3n) is 3.06. The Morgan fingerprint density at radius 2 is 2.35 bits per heavy atom. The van der Waals surface area contributed by atoms with E-state index in [2.05, 4.69) is 23.3 Å². The van der Waals surface area contributed by atoms with Gasteiger partial charge in [0.25, 0.3) is 5.69 Å². The van der Waals surface area contributed by atoms with Gasteiger partial charge in [0, 0.05) is 16.6 Å². The lowest BCUT2D eigenvalue weighted by atomic mass is 10.1. The largest absolute Gasteiger partial charge is 0.362 e. The van der Waals surface area contributed by atoms with Crippen molar-refractivity contribution in [3.05, 3.63) is 50.3 Å². The molecule has 0 spiro atoms. The quantitative estimate of drug-likeness (QED) is 0.636. The van der Waals surface area contributed by atoms with Crippen LogP contribution in [0.3, 0.4) is 0 Å². The van der Waals surface area contributed by atoms with Gasteiger partial charge in [-0.25, -0.2) is 4.98 Å². The van der Waals surface area contributed by atoms with Gasteiger partial charge < -0.3 is 5.32 Å². The van der Waals surface area contributed by atoms with Crippen LogP contribution >= 0.6 is 11.3 Å². The molecule has 2 rings (SSSR count). The minimum Gasteiger partial charge on any atom is -0.362 e. The van der Waals surface area contributed by atoms with E-state index in [0.717, 1.165) is 12.8 Å². The van der Waals surface area contributed by atoms with Crippen LogP contribution in [0.4, 0.5) is 11.5 Å². The summed E-state index contributed by atoms with van der Waals surface area (Å²) in [6.07, 6.45) is 3.53. The van der Waals surface area contributed by atoms with E-state index >= 15 is 0 Å². The molecule has 0 bridgehead atoms. The number of nitrogens with zero attached hydrogens (tertiary/aromatic N) is 2. The van der Waals surface area contributed by atoms with Crippen LogP contribution in [0.15, 0.2) is 29.8 Å². The molecular formula is C14H17N3O2S. The first-order chi connectivity index (χ1) is 9.61. The monoisotopic (exact) mass is 291 g/mol. The Bertz CT molecular complexity index is 584. The highest BCUT2D eigenvalue weighted by Gasteiger charge is 2.16. The normalized spacial score (nSPS) is 12.1. The Labute approximate surface area is 121 Å². The van der Waals surface area contributed by atoms with E-state index in [9.17, 15) is 10.1 Å². The highest BCUT2D eigenvalue weighted by Crippen LogP contribution is 2.28. The van der Waals surface area contributed by atoms with Crippen LogP contribution in [0.5, 0.6) is 0 Å². The third kappa shape index (κ3) is 3.33. The Kier molecular flexibility index (Phi) is 4.68. The van der Waals surface area contributed by atoms with Crippen LogP contribution < -0.4 is 5.32 Å². The lowest BCUT2D eigenvalue weighted by molar-refractivity contribution is -0.385. The fourth-order valence-corrected chi connectivity index (χ4v) is 2.84. The zero-order valence-electron chi connectivity index (χ0n) is 11.5. The van der Waals surface area contributed by atoms with Crippen LogP contribution in [-0.2, 0) is 0 Å². The first kappa shape index (κ1) is 14.5. The van der Waals surface area contributed by atoms with Crippen molar-refractivity contribution >= 4 is 22.8 Å². The molecule has 1 N–H and O–H groups in total. The van der Waals surface area contributed by atoms with Crippen molar-refractivity contribution in [2.45, 2.75) is 32.7 Å². The molecule has 2 aromatic rings. The number of anilines is 1.